The average molecular weight is 512 g/mol. The van der Waals surface area contributed by atoms with E-state index in [1.807, 2.05) is 30.6 Å². The van der Waals surface area contributed by atoms with Gasteiger partial charge < -0.3 is 4.90 Å². The van der Waals surface area contributed by atoms with E-state index in [1.54, 1.807) is 0 Å². The van der Waals surface area contributed by atoms with Gasteiger partial charge in [-0.05, 0) is 57.4 Å². The zero-order chi connectivity index (χ0) is 24.4. The molecule has 0 unspecified atom stereocenters. The van der Waals surface area contributed by atoms with Crippen molar-refractivity contribution in [2.45, 2.75) is 52.6 Å². The molecule has 2 heterocycles. The molecule has 0 saturated heterocycles. The largest absolute Gasteiger partial charge is 0.399 e. The Morgan fingerprint density at radius 2 is 1.76 bits per heavy atom. The Morgan fingerprint density at radius 1 is 1.06 bits per heavy atom. The fourth-order valence-electron chi connectivity index (χ4n) is 3.03. The second kappa shape index (κ2) is 10.8. The van der Waals surface area contributed by atoms with Crippen molar-refractivity contribution < 1.29 is 13.2 Å². The summed E-state index contributed by atoms with van der Waals surface area (Å²) in [5.41, 5.74) is 3.19. The van der Waals surface area contributed by atoms with Crippen LogP contribution in [0.25, 0.3) is 11.4 Å². The number of hydrogen-bond acceptors (Lipinski definition) is 5. The summed E-state index contributed by atoms with van der Waals surface area (Å²) in [6, 6.07) is 4.20. The summed E-state index contributed by atoms with van der Waals surface area (Å²) in [5.74, 6) is 0. The molecule has 0 N–H and O–H groups in total. The Morgan fingerprint density at radius 3 is 2.35 bits per heavy atom. The molecule has 0 saturated carbocycles. The fourth-order valence-corrected chi connectivity index (χ4v) is 3.84. The first-order valence-corrected chi connectivity index (χ1v) is 11.5. The molecule has 0 atom stereocenters. The molecule has 0 aliphatic heterocycles. The Kier molecular flexibility index (Phi) is 8.82. The van der Waals surface area contributed by atoms with Crippen molar-refractivity contribution in [2.24, 2.45) is 4.99 Å². The molecule has 0 amide bonds. The number of nitrogens with zero attached hydrogens (tertiary/aromatic N) is 5. The molecule has 10 heteroatoms. The van der Waals surface area contributed by atoms with Crippen LogP contribution in [0.3, 0.4) is 0 Å². The molecular weight excluding hydrogens is 483 g/mol. The number of aliphatic imine (C=N–C) groups is 1. The average Bonchev–Trinajstić information content (AvgIpc) is 3.22. The Hall–Kier alpha value is -2.52. The quantitative estimate of drug-likeness (QED) is 0.262. The van der Waals surface area contributed by atoms with Crippen molar-refractivity contribution in [3.63, 3.8) is 0 Å². The summed E-state index contributed by atoms with van der Waals surface area (Å²) >= 11 is 1.49. The number of benzene rings is 1. The van der Waals surface area contributed by atoms with E-state index in [0.29, 0.717) is 17.8 Å². The summed E-state index contributed by atoms with van der Waals surface area (Å²) in [7, 11) is 1.98. The molecule has 0 aliphatic carbocycles. The van der Waals surface area contributed by atoms with E-state index in [-0.39, 0.29) is 18.1 Å². The van der Waals surface area contributed by atoms with Crippen LogP contribution < -0.4 is 0 Å². The van der Waals surface area contributed by atoms with Gasteiger partial charge in [-0.15, -0.1) is 23.7 Å². The van der Waals surface area contributed by atoms with Crippen LogP contribution in [0.4, 0.5) is 18.9 Å². The minimum atomic E-state index is -4.40. The summed E-state index contributed by atoms with van der Waals surface area (Å²) in [5, 5.41) is 2.76. The molecule has 2 aromatic heterocycles. The fraction of sp³-hybridized carbons (Fsp3) is 0.417. The first-order valence-electron chi connectivity index (χ1n) is 10.6. The number of aromatic nitrogens is 3. The van der Waals surface area contributed by atoms with Gasteiger partial charge in [0.15, 0.2) is 0 Å². The lowest BCUT2D eigenvalue weighted by atomic mass is 9.89. The van der Waals surface area contributed by atoms with E-state index in [1.165, 1.54) is 23.7 Å². The molecule has 1 aromatic carbocycles. The maximum absolute atomic E-state index is 13.2. The third-order valence-electron chi connectivity index (χ3n) is 5.70. The third-order valence-corrected chi connectivity index (χ3v) is 6.55. The normalized spacial score (nSPS) is 12.1. The van der Waals surface area contributed by atoms with Gasteiger partial charge in [0.25, 0.3) is 0 Å². The van der Waals surface area contributed by atoms with Gasteiger partial charge in [-0.25, -0.2) is 9.98 Å². The second-order valence-corrected chi connectivity index (χ2v) is 9.54. The van der Waals surface area contributed by atoms with Gasteiger partial charge in [-0.2, -0.15) is 13.2 Å². The number of aryl methyl sites for hydroxylation is 2. The van der Waals surface area contributed by atoms with Crippen LogP contribution in [0.15, 0.2) is 34.9 Å². The predicted octanol–water partition coefficient (Wildman–Crippen LogP) is 6.68. The molecule has 3 aromatic rings. The second-order valence-electron chi connectivity index (χ2n) is 8.60. The van der Waals surface area contributed by atoms with E-state index in [4.69, 9.17) is 0 Å². The molecule has 0 fully saturated rings. The number of hydrogen-bond donors (Lipinski definition) is 0. The lowest BCUT2D eigenvalue weighted by molar-refractivity contribution is -0.181. The summed E-state index contributed by atoms with van der Waals surface area (Å²) in [6.45, 7) is 9.24. The van der Waals surface area contributed by atoms with E-state index in [0.717, 1.165) is 47.8 Å². The molecule has 3 rings (SSSR count). The Balaban J connectivity index is 0.00000408. The molecule has 0 aliphatic rings. The molecule has 5 nitrogen and oxygen atoms in total. The van der Waals surface area contributed by atoms with Gasteiger partial charge in [-0.1, -0.05) is 6.07 Å². The monoisotopic (exact) mass is 511 g/mol. The highest BCUT2D eigenvalue weighted by Crippen LogP contribution is 2.39. The van der Waals surface area contributed by atoms with Crippen LogP contribution in [0, 0.1) is 13.8 Å². The smallest absolute Gasteiger partial charge is 0.366 e. The molecule has 184 valence electrons. The van der Waals surface area contributed by atoms with Gasteiger partial charge >= 0.3 is 6.18 Å². The standard InChI is InChI=1S/C24H28F3N5S.ClH/c1-7-32(6)14-30-18-9-15(2)17(8-16(18)3)10-22-31-20(13-33-22)19-11-29-21(12-28-19)23(4,5)24(25,26)27;/h8-9,11-14H,7,10H2,1-6H3;1H/b30-14-;. The zero-order valence-corrected chi connectivity index (χ0v) is 21.7. The summed E-state index contributed by atoms with van der Waals surface area (Å²) in [6.07, 6.45) is 0.626. The third kappa shape index (κ3) is 6.13. The van der Waals surface area contributed by atoms with E-state index in [2.05, 4.69) is 45.9 Å². The van der Waals surface area contributed by atoms with Gasteiger partial charge in [-0.3, -0.25) is 9.97 Å². The zero-order valence-electron chi connectivity index (χ0n) is 20.1. The van der Waals surface area contributed by atoms with Crippen LogP contribution in [0.1, 0.15) is 48.2 Å². The van der Waals surface area contributed by atoms with Crippen LogP contribution in [0.5, 0.6) is 0 Å². The lowest BCUT2D eigenvalue weighted by Crippen LogP contribution is -2.37. The molecule has 34 heavy (non-hydrogen) atoms. The van der Waals surface area contributed by atoms with Crippen LogP contribution in [-0.4, -0.2) is 46.0 Å². The highest BCUT2D eigenvalue weighted by atomic mass is 35.5. The maximum Gasteiger partial charge on any atom is 0.399 e. The number of rotatable bonds is 7. The summed E-state index contributed by atoms with van der Waals surface area (Å²) < 4.78 is 39.7. The highest BCUT2D eigenvalue weighted by molar-refractivity contribution is 7.10. The SMILES string of the molecule is CCN(C)/C=N\c1cc(C)c(Cc2nc(-c3cnc(C(C)(C)C(F)(F)F)cn3)cs2)cc1C.Cl. The minimum absolute atomic E-state index is 0. The topological polar surface area (TPSA) is 54.3 Å². The van der Waals surface area contributed by atoms with Crippen molar-refractivity contribution in [3.05, 3.63) is 57.3 Å². The van der Waals surface area contributed by atoms with Crippen molar-refractivity contribution in [1.29, 1.82) is 0 Å². The number of alkyl halides is 3. The van der Waals surface area contributed by atoms with Gasteiger partial charge in [0.1, 0.15) is 16.8 Å². The molecule has 0 spiro atoms. The molecule has 0 radical (unpaired) electrons. The Bertz CT molecular complexity index is 1140. The van der Waals surface area contributed by atoms with Crippen molar-refractivity contribution in [3.8, 4) is 11.4 Å². The van der Waals surface area contributed by atoms with Crippen molar-refractivity contribution in [1.82, 2.24) is 19.9 Å². The first-order chi connectivity index (χ1) is 15.4. The highest BCUT2D eigenvalue weighted by Gasteiger charge is 2.49. The Labute approximate surface area is 208 Å². The van der Waals surface area contributed by atoms with Gasteiger partial charge in [0, 0.05) is 25.4 Å². The van der Waals surface area contributed by atoms with E-state index < -0.39 is 11.6 Å². The number of thiazole rings is 1. The maximum atomic E-state index is 13.2. The summed E-state index contributed by atoms with van der Waals surface area (Å²) in [4.78, 5) is 19.4. The van der Waals surface area contributed by atoms with Gasteiger partial charge in [0.05, 0.1) is 35.1 Å². The van der Waals surface area contributed by atoms with Crippen molar-refractivity contribution >= 4 is 35.8 Å². The molecular formula is C24H29ClF3N5S. The van der Waals surface area contributed by atoms with Crippen LogP contribution in [0.2, 0.25) is 0 Å². The van der Waals surface area contributed by atoms with Crippen LogP contribution in [-0.2, 0) is 11.8 Å². The predicted molar refractivity (Wildman–Crippen MR) is 135 cm³/mol. The molecule has 0 bridgehead atoms. The van der Waals surface area contributed by atoms with Gasteiger partial charge in [0.2, 0.25) is 0 Å². The lowest BCUT2D eigenvalue weighted by Gasteiger charge is -2.26. The minimum Gasteiger partial charge on any atom is -0.366 e. The van der Waals surface area contributed by atoms with E-state index >= 15 is 0 Å². The first kappa shape index (κ1) is 27.7. The van der Waals surface area contributed by atoms with E-state index in [9.17, 15) is 13.2 Å². The van der Waals surface area contributed by atoms with Crippen LogP contribution >= 0.6 is 23.7 Å². The number of halogens is 4. The van der Waals surface area contributed by atoms with Crippen molar-refractivity contribution in [2.75, 3.05) is 13.6 Å².